The predicted molar refractivity (Wildman–Crippen MR) is 43.4 cm³/mol. The van der Waals surface area contributed by atoms with E-state index >= 15 is 0 Å². The maximum absolute atomic E-state index is 13.0. The third kappa shape index (κ3) is 2.72. The highest BCUT2D eigenvalue weighted by Gasteiger charge is 2.33. The molecule has 0 unspecified atom stereocenters. The lowest BCUT2D eigenvalue weighted by atomic mass is 10.1. The minimum absolute atomic E-state index is 0.168. The van der Waals surface area contributed by atoms with Crippen LogP contribution in [0.2, 0.25) is 0 Å². The Hall–Kier alpha value is -1.50. The molecule has 84 valence electrons. The standard InChI is InChI=1S/C8H7F4NO2/c9-5-1-2-6(13)4(3-14)7(5)15-8(10,11)12/h1-2,14H,3,13H2. The monoisotopic (exact) mass is 225 g/mol. The number of nitrogen functional groups attached to an aromatic ring is 1. The van der Waals surface area contributed by atoms with Gasteiger partial charge in [0.1, 0.15) is 0 Å². The van der Waals surface area contributed by atoms with E-state index in [1.807, 2.05) is 0 Å². The molecule has 0 atom stereocenters. The molecule has 1 aromatic rings. The van der Waals surface area contributed by atoms with Gasteiger partial charge in [-0.05, 0) is 12.1 Å². The summed E-state index contributed by atoms with van der Waals surface area (Å²) >= 11 is 0. The van der Waals surface area contributed by atoms with E-state index in [2.05, 4.69) is 4.74 Å². The summed E-state index contributed by atoms with van der Waals surface area (Å²) in [7, 11) is 0. The molecule has 0 heterocycles. The van der Waals surface area contributed by atoms with Crippen molar-refractivity contribution in [2.24, 2.45) is 0 Å². The van der Waals surface area contributed by atoms with Crippen molar-refractivity contribution in [2.75, 3.05) is 5.73 Å². The van der Waals surface area contributed by atoms with Crippen LogP contribution >= 0.6 is 0 Å². The molecule has 1 rings (SSSR count). The largest absolute Gasteiger partial charge is 0.573 e. The molecular formula is C8H7F4NO2. The van der Waals surface area contributed by atoms with Gasteiger partial charge in [0.2, 0.25) is 0 Å². The van der Waals surface area contributed by atoms with Gasteiger partial charge in [0.15, 0.2) is 11.6 Å². The van der Waals surface area contributed by atoms with Crippen LogP contribution in [0.3, 0.4) is 0 Å². The van der Waals surface area contributed by atoms with Crippen LogP contribution in [0.15, 0.2) is 12.1 Å². The van der Waals surface area contributed by atoms with Crippen LogP contribution in [-0.4, -0.2) is 11.5 Å². The number of alkyl halides is 3. The fraction of sp³-hybridized carbons (Fsp3) is 0.250. The number of ether oxygens (including phenoxy) is 1. The molecule has 0 fully saturated rings. The SMILES string of the molecule is Nc1ccc(F)c(OC(F)(F)F)c1CO. The Morgan fingerprint density at radius 2 is 1.93 bits per heavy atom. The Labute approximate surface area is 82.1 Å². The molecule has 0 aromatic heterocycles. The topological polar surface area (TPSA) is 55.5 Å². The van der Waals surface area contributed by atoms with Crippen molar-refractivity contribution in [1.29, 1.82) is 0 Å². The highest BCUT2D eigenvalue weighted by atomic mass is 19.4. The number of anilines is 1. The van der Waals surface area contributed by atoms with Crippen LogP contribution in [0.25, 0.3) is 0 Å². The van der Waals surface area contributed by atoms with Gasteiger partial charge in [-0.25, -0.2) is 4.39 Å². The van der Waals surface area contributed by atoms with Crippen molar-refractivity contribution in [3.63, 3.8) is 0 Å². The number of benzene rings is 1. The van der Waals surface area contributed by atoms with Crippen LogP contribution in [0.5, 0.6) is 5.75 Å². The smallest absolute Gasteiger partial charge is 0.402 e. The fourth-order valence-corrected chi connectivity index (χ4v) is 1.00. The highest BCUT2D eigenvalue weighted by Crippen LogP contribution is 2.32. The Balaban J connectivity index is 3.20. The molecule has 1 aromatic carbocycles. The number of nitrogens with two attached hydrogens (primary N) is 1. The van der Waals surface area contributed by atoms with Crippen molar-refractivity contribution < 1.29 is 27.4 Å². The Bertz CT molecular complexity index is 364. The molecule has 3 N–H and O–H groups in total. The molecule has 0 aliphatic carbocycles. The number of rotatable bonds is 2. The van der Waals surface area contributed by atoms with Gasteiger partial charge in [0, 0.05) is 11.3 Å². The molecule has 0 saturated carbocycles. The average molecular weight is 225 g/mol. The van der Waals surface area contributed by atoms with Gasteiger partial charge < -0.3 is 15.6 Å². The van der Waals surface area contributed by atoms with Gasteiger partial charge in [-0.2, -0.15) is 0 Å². The van der Waals surface area contributed by atoms with Crippen LogP contribution in [0.1, 0.15) is 5.56 Å². The summed E-state index contributed by atoms with van der Waals surface area (Å²) in [5, 5.41) is 8.73. The molecule has 0 saturated heterocycles. The number of hydrogen-bond donors (Lipinski definition) is 2. The molecule has 3 nitrogen and oxygen atoms in total. The normalized spacial score (nSPS) is 11.5. The number of aliphatic hydroxyl groups is 1. The van der Waals surface area contributed by atoms with Crippen molar-refractivity contribution in [2.45, 2.75) is 13.0 Å². The Morgan fingerprint density at radius 3 is 2.40 bits per heavy atom. The first-order chi connectivity index (χ1) is 6.85. The third-order valence-corrected chi connectivity index (χ3v) is 1.62. The molecule has 0 spiro atoms. The van der Waals surface area contributed by atoms with E-state index in [-0.39, 0.29) is 5.69 Å². The van der Waals surface area contributed by atoms with Crippen molar-refractivity contribution >= 4 is 5.69 Å². The summed E-state index contributed by atoms with van der Waals surface area (Å²) in [4.78, 5) is 0. The molecule has 0 aliphatic rings. The van der Waals surface area contributed by atoms with E-state index in [9.17, 15) is 17.6 Å². The third-order valence-electron chi connectivity index (χ3n) is 1.62. The zero-order valence-corrected chi connectivity index (χ0v) is 7.31. The highest BCUT2D eigenvalue weighted by molar-refractivity contribution is 5.54. The van der Waals surface area contributed by atoms with Gasteiger partial charge in [-0.1, -0.05) is 0 Å². The quantitative estimate of drug-likeness (QED) is 0.596. The molecule has 7 heteroatoms. The first kappa shape index (κ1) is 11.6. The second-order valence-corrected chi connectivity index (χ2v) is 2.65. The minimum Gasteiger partial charge on any atom is -0.402 e. The second kappa shape index (κ2) is 3.93. The van der Waals surface area contributed by atoms with Crippen molar-refractivity contribution in [1.82, 2.24) is 0 Å². The molecule has 15 heavy (non-hydrogen) atoms. The molecule has 0 bridgehead atoms. The first-order valence-electron chi connectivity index (χ1n) is 3.78. The van der Waals surface area contributed by atoms with E-state index < -0.39 is 30.1 Å². The molecule has 0 aliphatic heterocycles. The van der Waals surface area contributed by atoms with E-state index in [0.29, 0.717) is 0 Å². The van der Waals surface area contributed by atoms with Gasteiger partial charge in [0.05, 0.1) is 6.61 Å². The van der Waals surface area contributed by atoms with E-state index in [4.69, 9.17) is 10.8 Å². The van der Waals surface area contributed by atoms with E-state index in [1.165, 1.54) is 0 Å². The van der Waals surface area contributed by atoms with Crippen LogP contribution < -0.4 is 10.5 Å². The van der Waals surface area contributed by atoms with Crippen LogP contribution in [0, 0.1) is 5.82 Å². The maximum Gasteiger partial charge on any atom is 0.573 e. The fourth-order valence-electron chi connectivity index (χ4n) is 1.00. The van der Waals surface area contributed by atoms with E-state index in [1.54, 1.807) is 0 Å². The maximum atomic E-state index is 13.0. The zero-order valence-electron chi connectivity index (χ0n) is 7.31. The summed E-state index contributed by atoms with van der Waals surface area (Å²) in [5.41, 5.74) is 4.65. The number of aliphatic hydroxyl groups excluding tert-OH is 1. The average Bonchev–Trinajstić information content (AvgIpc) is 2.10. The summed E-state index contributed by atoms with van der Waals surface area (Å²) in [6.45, 7) is -0.838. The van der Waals surface area contributed by atoms with Crippen LogP contribution in [0.4, 0.5) is 23.2 Å². The predicted octanol–water partition coefficient (Wildman–Crippen LogP) is 1.80. The minimum atomic E-state index is -5.03. The van der Waals surface area contributed by atoms with Gasteiger partial charge in [0.25, 0.3) is 0 Å². The van der Waals surface area contributed by atoms with Crippen molar-refractivity contribution in [3.8, 4) is 5.75 Å². The Morgan fingerprint density at radius 1 is 1.33 bits per heavy atom. The van der Waals surface area contributed by atoms with Crippen molar-refractivity contribution in [3.05, 3.63) is 23.5 Å². The molecule has 0 amide bonds. The molecular weight excluding hydrogens is 218 g/mol. The summed E-state index contributed by atoms with van der Waals surface area (Å²) in [6, 6.07) is 1.78. The summed E-state index contributed by atoms with van der Waals surface area (Å²) < 4.78 is 52.0. The van der Waals surface area contributed by atoms with E-state index in [0.717, 1.165) is 12.1 Å². The molecule has 0 radical (unpaired) electrons. The lowest BCUT2D eigenvalue weighted by Gasteiger charge is -2.14. The lowest BCUT2D eigenvalue weighted by Crippen LogP contribution is -2.19. The second-order valence-electron chi connectivity index (χ2n) is 2.65. The summed E-state index contributed by atoms with van der Waals surface area (Å²) in [6.07, 6.45) is -5.03. The number of halogens is 4. The van der Waals surface area contributed by atoms with Gasteiger partial charge in [-0.15, -0.1) is 13.2 Å². The lowest BCUT2D eigenvalue weighted by molar-refractivity contribution is -0.276. The zero-order chi connectivity index (χ0) is 11.6. The Kier molecular flexibility index (Phi) is 3.04. The van der Waals surface area contributed by atoms with Gasteiger partial charge in [-0.3, -0.25) is 0 Å². The van der Waals surface area contributed by atoms with Gasteiger partial charge >= 0.3 is 6.36 Å². The number of hydrogen-bond acceptors (Lipinski definition) is 3. The summed E-state index contributed by atoms with van der Waals surface area (Å²) in [5.74, 6) is -2.32. The van der Waals surface area contributed by atoms with Crippen LogP contribution in [-0.2, 0) is 6.61 Å². The first-order valence-corrected chi connectivity index (χ1v) is 3.78.